The largest absolute Gasteiger partial charge is 0.339 e. The zero-order valence-electron chi connectivity index (χ0n) is 23.7. The summed E-state index contributed by atoms with van der Waals surface area (Å²) in [4.78, 5) is 20.7. The Bertz CT molecular complexity index is 1920. The number of piperidine rings is 1. The number of aromatic nitrogens is 4. The highest BCUT2D eigenvalue weighted by Crippen LogP contribution is 2.35. The van der Waals surface area contributed by atoms with E-state index in [4.69, 9.17) is 4.98 Å². The lowest BCUT2D eigenvalue weighted by atomic mass is 9.94. The predicted molar refractivity (Wildman–Crippen MR) is 164 cm³/mol. The number of para-hydroxylation sites is 2. The minimum atomic E-state index is -0.299. The second kappa shape index (κ2) is 10.6. The molecule has 0 N–H and O–H groups in total. The van der Waals surface area contributed by atoms with Gasteiger partial charge in [-0.3, -0.25) is 9.48 Å². The molecule has 0 aliphatic carbocycles. The molecule has 4 aromatic carbocycles. The average Bonchev–Trinajstić information content (AvgIpc) is 3.58. The van der Waals surface area contributed by atoms with Crippen molar-refractivity contribution in [2.75, 3.05) is 13.1 Å². The smallest absolute Gasteiger partial charge is 0.253 e. The van der Waals surface area contributed by atoms with Gasteiger partial charge in [0, 0.05) is 42.6 Å². The van der Waals surface area contributed by atoms with Crippen molar-refractivity contribution in [2.45, 2.75) is 31.7 Å². The maximum absolute atomic E-state index is 13.9. The fourth-order valence-corrected chi connectivity index (χ4v) is 6.40. The fourth-order valence-electron chi connectivity index (χ4n) is 6.40. The molecule has 3 heterocycles. The summed E-state index contributed by atoms with van der Waals surface area (Å²) in [5, 5.41) is 5.53. The third kappa shape index (κ3) is 4.55. The van der Waals surface area contributed by atoms with Crippen molar-refractivity contribution in [2.24, 2.45) is 7.05 Å². The Morgan fingerprint density at radius 3 is 2.43 bits per heavy atom. The number of likely N-dealkylation sites (tertiary alicyclic amines) is 1. The van der Waals surface area contributed by atoms with Crippen LogP contribution in [0.1, 0.15) is 53.5 Å². The van der Waals surface area contributed by atoms with Crippen LogP contribution in [0.3, 0.4) is 0 Å². The number of nitrogens with zero attached hydrogens (tertiary/aromatic N) is 5. The van der Waals surface area contributed by atoms with Gasteiger partial charge in [0.15, 0.2) is 0 Å². The Hall–Kier alpha value is -4.78. The van der Waals surface area contributed by atoms with Gasteiger partial charge in [-0.25, -0.2) is 9.37 Å². The standard InChI is InChI=1S/C35H32FN5O/c1-23(24-9-4-3-5-10-24)41-31-14-7-6-13-30(31)37-34(41)25-17-19-40(20-18-25)35(42)27-15-16-29-32(22-27)39(2)38-33(29)26-11-8-12-28(36)21-26/h3-16,21-23,25H,17-20H2,1-2H3. The van der Waals surface area contributed by atoms with Gasteiger partial charge in [-0.05, 0) is 67.8 Å². The maximum atomic E-state index is 13.9. The summed E-state index contributed by atoms with van der Waals surface area (Å²) < 4.78 is 18.0. The van der Waals surface area contributed by atoms with Crippen LogP contribution < -0.4 is 0 Å². The summed E-state index contributed by atoms with van der Waals surface area (Å²) in [5.74, 6) is 1.09. The van der Waals surface area contributed by atoms with Crippen LogP contribution in [0.4, 0.5) is 4.39 Å². The maximum Gasteiger partial charge on any atom is 0.253 e. The number of hydrogen-bond acceptors (Lipinski definition) is 3. The van der Waals surface area contributed by atoms with Gasteiger partial charge in [0.05, 0.1) is 22.6 Å². The molecule has 1 amide bonds. The molecule has 1 aliphatic heterocycles. The number of imidazole rings is 1. The molecule has 1 atom stereocenters. The number of carbonyl (C=O) groups is 1. The van der Waals surface area contributed by atoms with Crippen molar-refractivity contribution in [3.05, 3.63) is 120 Å². The highest BCUT2D eigenvalue weighted by atomic mass is 19.1. The van der Waals surface area contributed by atoms with Gasteiger partial charge in [-0.15, -0.1) is 0 Å². The lowest BCUT2D eigenvalue weighted by molar-refractivity contribution is 0.0710. The molecule has 7 rings (SSSR count). The molecular weight excluding hydrogens is 525 g/mol. The number of amides is 1. The fraction of sp³-hybridized carbons (Fsp3) is 0.229. The van der Waals surface area contributed by atoms with Crippen LogP contribution in [-0.4, -0.2) is 43.2 Å². The SMILES string of the molecule is CC(c1ccccc1)n1c(C2CCN(C(=O)c3ccc4c(-c5cccc(F)c5)nn(C)c4c3)CC2)nc2ccccc21. The molecule has 1 fully saturated rings. The Labute approximate surface area is 244 Å². The lowest BCUT2D eigenvalue weighted by Gasteiger charge is -2.33. The van der Waals surface area contributed by atoms with E-state index in [1.165, 1.54) is 17.7 Å². The number of halogens is 1. The molecule has 42 heavy (non-hydrogen) atoms. The van der Waals surface area contributed by atoms with Gasteiger partial charge < -0.3 is 9.47 Å². The molecule has 0 saturated carbocycles. The summed E-state index contributed by atoms with van der Waals surface area (Å²) in [6.07, 6.45) is 1.71. The second-order valence-electron chi connectivity index (χ2n) is 11.2. The molecule has 1 aliphatic rings. The van der Waals surface area contributed by atoms with Gasteiger partial charge in [0.1, 0.15) is 17.3 Å². The monoisotopic (exact) mass is 557 g/mol. The van der Waals surface area contributed by atoms with Gasteiger partial charge >= 0.3 is 0 Å². The van der Waals surface area contributed by atoms with E-state index in [0.29, 0.717) is 29.9 Å². The molecule has 6 aromatic rings. The van der Waals surface area contributed by atoms with E-state index < -0.39 is 0 Å². The van der Waals surface area contributed by atoms with Crippen molar-refractivity contribution in [3.63, 3.8) is 0 Å². The van der Waals surface area contributed by atoms with E-state index in [1.807, 2.05) is 48.3 Å². The molecule has 0 radical (unpaired) electrons. The zero-order valence-corrected chi connectivity index (χ0v) is 23.7. The van der Waals surface area contributed by atoms with E-state index in [2.05, 4.69) is 59.1 Å². The summed E-state index contributed by atoms with van der Waals surface area (Å²) in [6, 6.07) is 31.2. The Morgan fingerprint density at radius 1 is 0.881 bits per heavy atom. The number of aryl methyl sites for hydroxylation is 1. The Kier molecular flexibility index (Phi) is 6.57. The van der Waals surface area contributed by atoms with E-state index in [1.54, 1.807) is 10.7 Å². The third-order valence-electron chi connectivity index (χ3n) is 8.64. The van der Waals surface area contributed by atoms with Crippen LogP contribution >= 0.6 is 0 Å². The van der Waals surface area contributed by atoms with Crippen LogP contribution in [0.25, 0.3) is 33.2 Å². The first-order chi connectivity index (χ1) is 20.5. The van der Waals surface area contributed by atoms with Crippen LogP contribution in [0, 0.1) is 5.82 Å². The van der Waals surface area contributed by atoms with E-state index in [9.17, 15) is 9.18 Å². The average molecular weight is 558 g/mol. The Balaban J connectivity index is 1.13. The molecule has 2 aromatic heterocycles. The molecule has 0 bridgehead atoms. The predicted octanol–water partition coefficient (Wildman–Crippen LogP) is 7.36. The summed E-state index contributed by atoms with van der Waals surface area (Å²) in [7, 11) is 1.85. The van der Waals surface area contributed by atoms with Crippen molar-refractivity contribution in [1.29, 1.82) is 0 Å². The summed E-state index contributed by atoms with van der Waals surface area (Å²) in [6.45, 7) is 3.58. The summed E-state index contributed by atoms with van der Waals surface area (Å²) in [5.41, 5.74) is 6.31. The first-order valence-corrected chi connectivity index (χ1v) is 14.5. The minimum Gasteiger partial charge on any atom is -0.339 e. The highest BCUT2D eigenvalue weighted by molar-refractivity contribution is 6.01. The van der Waals surface area contributed by atoms with Crippen molar-refractivity contribution < 1.29 is 9.18 Å². The quantitative estimate of drug-likeness (QED) is 0.223. The second-order valence-corrected chi connectivity index (χ2v) is 11.2. The third-order valence-corrected chi connectivity index (χ3v) is 8.64. The van der Waals surface area contributed by atoms with Crippen molar-refractivity contribution in [1.82, 2.24) is 24.2 Å². The molecule has 7 heteroatoms. The molecule has 6 nitrogen and oxygen atoms in total. The van der Waals surface area contributed by atoms with E-state index >= 15 is 0 Å². The van der Waals surface area contributed by atoms with Gasteiger partial charge in [-0.1, -0.05) is 54.6 Å². The molecular formula is C35H32FN5O. The molecule has 210 valence electrons. The normalized spacial score (nSPS) is 15.0. The minimum absolute atomic E-state index is 0.0232. The van der Waals surface area contributed by atoms with E-state index in [0.717, 1.165) is 40.6 Å². The number of rotatable bonds is 5. The molecule has 1 unspecified atom stereocenters. The first-order valence-electron chi connectivity index (χ1n) is 14.5. The van der Waals surface area contributed by atoms with Crippen LogP contribution in [0.15, 0.2) is 97.1 Å². The topological polar surface area (TPSA) is 56.0 Å². The number of fused-ring (bicyclic) bond motifs is 2. The van der Waals surface area contributed by atoms with E-state index in [-0.39, 0.29) is 23.7 Å². The van der Waals surface area contributed by atoms with Gasteiger partial charge in [0.2, 0.25) is 0 Å². The molecule has 1 saturated heterocycles. The summed E-state index contributed by atoms with van der Waals surface area (Å²) >= 11 is 0. The van der Waals surface area contributed by atoms with Crippen molar-refractivity contribution >= 4 is 27.8 Å². The van der Waals surface area contributed by atoms with Gasteiger partial charge in [0.25, 0.3) is 5.91 Å². The van der Waals surface area contributed by atoms with Crippen LogP contribution in [0.2, 0.25) is 0 Å². The lowest BCUT2D eigenvalue weighted by Crippen LogP contribution is -2.38. The first kappa shape index (κ1) is 26.1. The number of carbonyl (C=O) groups excluding carboxylic acids is 1. The Morgan fingerprint density at radius 2 is 1.64 bits per heavy atom. The highest BCUT2D eigenvalue weighted by Gasteiger charge is 2.30. The number of hydrogen-bond donors (Lipinski definition) is 0. The van der Waals surface area contributed by atoms with Gasteiger partial charge in [-0.2, -0.15) is 5.10 Å². The molecule has 0 spiro atoms. The van der Waals surface area contributed by atoms with Crippen LogP contribution in [0.5, 0.6) is 0 Å². The van der Waals surface area contributed by atoms with Crippen LogP contribution in [-0.2, 0) is 7.05 Å². The number of benzene rings is 4. The zero-order chi connectivity index (χ0) is 28.8. The van der Waals surface area contributed by atoms with Crippen molar-refractivity contribution in [3.8, 4) is 11.3 Å².